The van der Waals surface area contributed by atoms with Gasteiger partial charge in [-0.1, -0.05) is 41.7 Å². The molecule has 3 aromatic rings. The SMILES string of the molecule is CCOC(=O)C1=C(C)N=c2s/c(=C\c3ccc(O)cc3)c(=O)n2[C@H]1c1ccccc1OC. The summed E-state index contributed by atoms with van der Waals surface area (Å²) in [6, 6.07) is 13.1. The molecule has 164 valence electrons. The highest BCUT2D eigenvalue weighted by Gasteiger charge is 2.34. The molecule has 0 unspecified atom stereocenters. The van der Waals surface area contributed by atoms with Crippen LogP contribution in [-0.2, 0) is 9.53 Å². The lowest BCUT2D eigenvalue weighted by Gasteiger charge is -2.25. The molecule has 0 fully saturated rings. The van der Waals surface area contributed by atoms with Crippen LogP contribution in [0.1, 0.15) is 31.0 Å². The van der Waals surface area contributed by atoms with Crippen molar-refractivity contribution in [2.24, 2.45) is 4.99 Å². The van der Waals surface area contributed by atoms with E-state index in [2.05, 4.69) is 4.99 Å². The predicted octanol–water partition coefficient (Wildman–Crippen LogP) is 2.51. The summed E-state index contributed by atoms with van der Waals surface area (Å²) in [5.41, 5.74) is 1.97. The van der Waals surface area contributed by atoms with Crippen LogP contribution in [0.3, 0.4) is 0 Å². The first-order valence-electron chi connectivity index (χ1n) is 10.1. The summed E-state index contributed by atoms with van der Waals surface area (Å²) in [6.07, 6.45) is 1.74. The number of aromatic nitrogens is 1. The zero-order valence-corrected chi connectivity index (χ0v) is 18.7. The van der Waals surface area contributed by atoms with Crippen molar-refractivity contribution in [3.05, 3.63) is 90.6 Å². The summed E-state index contributed by atoms with van der Waals surface area (Å²) in [5, 5.41) is 9.52. The Labute approximate surface area is 188 Å². The highest BCUT2D eigenvalue weighted by Crippen LogP contribution is 2.35. The smallest absolute Gasteiger partial charge is 0.338 e. The third-order valence-corrected chi connectivity index (χ3v) is 6.12. The minimum absolute atomic E-state index is 0.148. The van der Waals surface area contributed by atoms with Crippen molar-refractivity contribution in [2.45, 2.75) is 19.9 Å². The molecule has 8 heteroatoms. The van der Waals surface area contributed by atoms with Crippen LogP contribution in [-0.4, -0.2) is 29.4 Å². The predicted molar refractivity (Wildman–Crippen MR) is 121 cm³/mol. The first kappa shape index (κ1) is 21.6. The monoisotopic (exact) mass is 450 g/mol. The van der Waals surface area contributed by atoms with Crippen LogP contribution in [0.15, 0.2) is 69.6 Å². The number of thiazole rings is 1. The number of hydrogen-bond donors (Lipinski definition) is 1. The summed E-state index contributed by atoms with van der Waals surface area (Å²) < 4.78 is 12.8. The van der Waals surface area contributed by atoms with Crippen molar-refractivity contribution in [3.8, 4) is 11.5 Å². The van der Waals surface area contributed by atoms with Gasteiger partial charge in [0.05, 0.1) is 29.5 Å². The Morgan fingerprint density at radius 1 is 1.22 bits per heavy atom. The number of esters is 1. The van der Waals surface area contributed by atoms with Crippen molar-refractivity contribution >= 4 is 23.4 Å². The molecule has 0 saturated carbocycles. The fraction of sp³-hybridized carbons (Fsp3) is 0.208. The van der Waals surface area contributed by atoms with Crippen molar-refractivity contribution in [1.82, 2.24) is 4.57 Å². The molecular weight excluding hydrogens is 428 g/mol. The topological polar surface area (TPSA) is 90.1 Å². The van der Waals surface area contributed by atoms with Gasteiger partial charge in [-0.3, -0.25) is 9.36 Å². The number of carbonyl (C=O) groups excluding carboxylic acids is 1. The van der Waals surface area contributed by atoms with E-state index in [-0.39, 0.29) is 17.9 Å². The number of nitrogens with zero attached hydrogens (tertiary/aromatic N) is 2. The highest BCUT2D eigenvalue weighted by atomic mass is 32.1. The fourth-order valence-electron chi connectivity index (χ4n) is 3.70. The third-order valence-electron chi connectivity index (χ3n) is 5.14. The zero-order valence-electron chi connectivity index (χ0n) is 17.9. The molecule has 1 N–H and O–H groups in total. The van der Waals surface area contributed by atoms with E-state index >= 15 is 0 Å². The molecule has 1 atom stereocenters. The summed E-state index contributed by atoms with van der Waals surface area (Å²) in [6.45, 7) is 3.68. The van der Waals surface area contributed by atoms with Crippen LogP contribution in [0.5, 0.6) is 11.5 Å². The molecule has 2 aromatic carbocycles. The Kier molecular flexibility index (Phi) is 5.96. The van der Waals surface area contributed by atoms with Gasteiger partial charge in [0.15, 0.2) is 4.80 Å². The van der Waals surface area contributed by atoms with Crippen molar-refractivity contribution in [1.29, 1.82) is 0 Å². The largest absolute Gasteiger partial charge is 0.508 e. The Hall–Kier alpha value is -3.65. The number of benzene rings is 2. The Morgan fingerprint density at radius 2 is 1.94 bits per heavy atom. The number of phenolic OH excluding ortho intramolecular Hbond substituents is 1. The molecule has 0 amide bonds. The number of ether oxygens (including phenoxy) is 2. The summed E-state index contributed by atoms with van der Waals surface area (Å²) in [7, 11) is 1.55. The Bertz CT molecular complexity index is 1380. The lowest BCUT2D eigenvalue weighted by molar-refractivity contribution is -0.139. The number of hydrogen-bond acceptors (Lipinski definition) is 7. The van der Waals surface area contributed by atoms with Gasteiger partial charge in [-0.2, -0.15) is 0 Å². The molecule has 2 heterocycles. The second-order valence-electron chi connectivity index (χ2n) is 7.14. The van der Waals surface area contributed by atoms with Gasteiger partial charge in [-0.25, -0.2) is 9.79 Å². The van der Waals surface area contributed by atoms with Crippen LogP contribution in [0, 0.1) is 0 Å². The second-order valence-corrected chi connectivity index (χ2v) is 8.14. The normalized spacial score (nSPS) is 15.8. The van der Waals surface area contributed by atoms with Crippen LogP contribution in [0.2, 0.25) is 0 Å². The maximum absolute atomic E-state index is 13.5. The second kappa shape index (κ2) is 8.84. The number of allylic oxidation sites excluding steroid dienone is 1. The van der Waals surface area contributed by atoms with Gasteiger partial charge < -0.3 is 14.6 Å². The molecule has 1 aromatic heterocycles. The lowest BCUT2D eigenvalue weighted by atomic mass is 9.95. The molecule has 1 aliphatic heterocycles. The molecule has 0 bridgehead atoms. The van der Waals surface area contributed by atoms with Gasteiger partial charge in [0.2, 0.25) is 0 Å². The minimum Gasteiger partial charge on any atom is -0.508 e. The zero-order chi connectivity index (χ0) is 22.8. The molecule has 1 aliphatic rings. The van der Waals surface area contributed by atoms with E-state index < -0.39 is 12.0 Å². The number of para-hydroxylation sites is 1. The molecule has 0 radical (unpaired) electrons. The van der Waals surface area contributed by atoms with Gasteiger partial charge in [-0.15, -0.1) is 0 Å². The third kappa shape index (κ3) is 3.85. The van der Waals surface area contributed by atoms with E-state index in [1.807, 2.05) is 18.2 Å². The van der Waals surface area contributed by atoms with Gasteiger partial charge in [0.25, 0.3) is 5.56 Å². The van der Waals surface area contributed by atoms with Crippen LogP contribution < -0.4 is 19.6 Å². The van der Waals surface area contributed by atoms with E-state index in [1.54, 1.807) is 57.4 Å². The number of methoxy groups -OCH3 is 1. The Balaban J connectivity index is 1.98. The standard InChI is InChI=1S/C24H22N2O5S/c1-4-31-23(29)20-14(2)25-24-26(21(20)17-7-5-6-8-18(17)30-3)22(28)19(32-24)13-15-9-11-16(27)12-10-15/h5-13,21,27H,4H2,1-3H3/b19-13-/t21-/m0/s1. The molecule has 0 spiro atoms. The molecule has 0 aliphatic carbocycles. The summed E-state index contributed by atoms with van der Waals surface area (Å²) in [5.74, 6) is 0.189. The molecule has 32 heavy (non-hydrogen) atoms. The average molecular weight is 451 g/mol. The van der Waals surface area contributed by atoms with E-state index in [1.165, 1.54) is 15.9 Å². The van der Waals surface area contributed by atoms with Crippen molar-refractivity contribution in [2.75, 3.05) is 13.7 Å². The van der Waals surface area contributed by atoms with Crippen molar-refractivity contribution < 1.29 is 19.4 Å². The Morgan fingerprint density at radius 3 is 2.62 bits per heavy atom. The number of fused-ring (bicyclic) bond motifs is 1. The molecule has 4 rings (SSSR count). The maximum atomic E-state index is 13.5. The fourth-order valence-corrected chi connectivity index (χ4v) is 4.75. The van der Waals surface area contributed by atoms with Gasteiger partial charge >= 0.3 is 5.97 Å². The molecule has 7 nitrogen and oxygen atoms in total. The van der Waals surface area contributed by atoms with Crippen molar-refractivity contribution in [3.63, 3.8) is 0 Å². The van der Waals surface area contributed by atoms with E-state index in [9.17, 15) is 14.7 Å². The molecular formula is C24H22N2O5S. The van der Waals surface area contributed by atoms with E-state index in [0.29, 0.717) is 31.9 Å². The summed E-state index contributed by atoms with van der Waals surface area (Å²) in [4.78, 5) is 31.5. The van der Waals surface area contributed by atoms with Crippen LogP contribution in [0.4, 0.5) is 0 Å². The van der Waals surface area contributed by atoms with Crippen LogP contribution >= 0.6 is 11.3 Å². The quantitative estimate of drug-likeness (QED) is 0.604. The van der Waals surface area contributed by atoms with Gasteiger partial charge in [0, 0.05) is 5.56 Å². The average Bonchev–Trinajstić information content (AvgIpc) is 3.09. The number of aromatic hydroxyl groups is 1. The van der Waals surface area contributed by atoms with E-state index in [4.69, 9.17) is 9.47 Å². The molecule has 0 saturated heterocycles. The number of carbonyl (C=O) groups is 1. The van der Waals surface area contributed by atoms with Crippen LogP contribution in [0.25, 0.3) is 6.08 Å². The minimum atomic E-state index is -0.733. The first-order valence-corrected chi connectivity index (χ1v) is 10.9. The van der Waals surface area contributed by atoms with Gasteiger partial charge in [0.1, 0.15) is 17.5 Å². The highest BCUT2D eigenvalue weighted by molar-refractivity contribution is 7.07. The number of rotatable bonds is 5. The lowest BCUT2D eigenvalue weighted by Crippen LogP contribution is -2.40. The van der Waals surface area contributed by atoms with Gasteiger partial charge in [-0.05, 0) is 43.7 Å². The summed E-state index contributed by atoms with van der Waals surface area (Å²) >= 11 is 1.24. The first-order chi connectivity index (χ1) is 15.4. The van der Waals surface area contributed by atoms with E-state index in [0.717, 1.165) is 5.56 Å². The number of phenols is 1. The maximum Gasteiger partial charge on any atom is 0.338 e.